The summed E-state index contributed by atoms with van der Waals surface area (Å²) >= 11 is 0. The molecule has 2 aromatic carbocycles. The van der Waals surface area contributed by atoms with Gasteiger partial charge in [0.05, 0.1) is 16.3 Å². The Balaban J connectivity index is 1.22. The van der Waals surface area contributed by atoms with Gasteiger partial charge in [0.2, 0.25) is 22.0 Å². The van der Waals surface area contributed by atoms with Gasteiger partial charge < -0.3 is 5.32 Å². The molecule has 1 amide bonds. The van der Waals surface area contributed by atoms with Crippen molar-refractivity contribution in [3.05, 3.63) is 71.1 Å². The van der Waals surface area contributed by atoms with Gasteiger partial charge in [0, 0.05) is 26.6 Å². The Morgan fingerprint density at radius 1 is 0.944 bits per heavy atom. The fraction of sp³-hybridized carbons (Fsp3) is 0.519. The van der Waals surface area contributed by atoms with Crippen molar-refractivity contribution >= 4 is 15.9 Å². The van der Waals surface area contributed by atoms with Gasteiger partial charge in [-0.3, -0.25) is 4.79 Å². The molecule has 8 nitrogen and oxygen atoms in total. The van der Waals surface area contributed by atoms with Gasteiger partial charge in [0.15, 0.2) is 0 Å². The summed E-state index contributed by atoms with van der Waals surface area (Å²) in [6.07, 6.45) is 3.31. The molecule has 3 fully saturated rings. The number of nitroso groups, excluding NO2 is 1. The van der Waals surface area contributed by atoms with Crippen LogP contribution < -0.4 is 5.32 Å². The van der Waals surface area contributed by atoms with Gasteiger partial charge in [-0.15, -0.1) is 5.01 Å². The lowest BCUT2D eigenvalue weighted by Gasteiger charge is -2.39. The molecule has 1 N–H and O–H groups in total. The molecule has 4 atom stereocenters. The third-order valence-corrected chi connectivity index (χ3v) is 10.3. The Bertz CT molecular complexity index is 1180. The molecule has 3 saturated heterocycles. The van der Waals surface area contributed by atoms with Crippen molar-refractivity contribution in [2.75, 3.05) is 19.6 Å². The fourth-order valence-electron chi connectivity index (χ4n) is 6.34. The van der Waals surface area contributed by atoms with Crippen molar-refractivity contribution in [3.8, 4) is 0 Å². The molecule has 36 heavy (non-hydrogen) atoms. The highest BCUT2D eigenvalue weighted by Crippen LogP contribution is 2.41. The molecular weight excluding hydrogens is 476 g/mol. The Morgan fingerprint density at radius 2 is 1.56 bits per heavy atom. The molecule has 5 rings (SSSR count). The number of piperidine rings is 2. The molecule has 0 aromatic heterocycles. The van der Waals surface area contributed by atoms with Gasteiger partial charge in [-0.2, -0.15) is 4.31 Å². The smallest absolute Gasteiger partial charge is 0.245 e. The van der Waals surface area contributed by atoms with E-state index in [1.807, 2.05) is 48.3 Å². The van der Waals surface area contributed by atoms with E-state index in [0.29, 0.717) is 42.9 Å². The van der Waals surface area contributed by atoms with Crippen molar-refractivity contribution in [1.82, 2.24) is 14.6 Å². The third kappa shape index (κ3) is 4.78. The maximum atomic E-state index is 13.2. The number of fused-ring (bicyclic) bond motifs is 1. The number of hydrogen-bond donors (Lipinski definition) is 1. The van der Waals surface area contributed by atoms with Gasteiger partial charge in [-0.05, 0) is 55.2 Å². The summed E-state index contributed by atoms with van der Waals surface area (Å²) < 4.78 is 27.6. The second-order valence-electron chi connectivity index (χ2n) is 10.3. The van der Waals surface area contributed by atoms with Crippen molar-refractivity contribution in [2.24, 2.45) is 17.8 Å². The number of hydrogen-bond acceptors (Lipinski definition) is 4. The minimum Gasteiger partial charge on any atom is -0.351 e. The van der Waals surface area contributed by atoms with Gasteiger partial charge in [0.1, 0.15) is 16.8 Å². The second-order valence-corrected chi connectivity index (χ2v) is 12.3. The molecule has 0 saturated carbocycles. The van der Waals surface area contributed by atoms with Crippen molar-refractivity contribution in [1.29, 1.82) is 0 Å². The van der Waals surface area contributed by atoms with E-state index in [1.165, 1.54) is 0 Å². The summed E-state index contributed by atoms with van der Waals surface area (Å²) in [5, 5.41) is 4.90. The highest BCUT2D eigenvalue weighted by atomic mass is 32.2. The van der Waals surface area contributed by atoms with Gasteiger partial charge in [-0.1, -0.05) is 48.5 Å². The summed E-state index contributed by atoms with van der Waals surface area (Å²) in [6.45, 7) is 3.97. The lowest BCUT2D eigenvalue weighted by atomic mass is 9.74. The van der Waals surface area contributed by atoms with Gasteiger partial charge >= 0.3 is 0 Å². The van der Waals surface area contributed by atoms with E-state index < -0.39 is 16.1 Å². The Morgan fingerprint density at radius 3 is 2.22 bits per heavy atom. The van der Waals surface area contributed by atoms with E-state index in [0.717, 1.165) is 36.1 Å². The number of amides is 1. The summed E-state index contributed by atoms with van der Waals surface area (Å²) in [5.74, 6) is 0.339. The van der Waals surface area contributed by atoms with Crippen LogP contribution in [-0.2, 0) is 21.4 Å². The van der Waals surface area contributed by atoms with Crippen LogP contribution >= 0.6 is 0 Å². The molecular formula is C27H35N4O4S+. The number of rotatable bonds is 6. The quantitative estimate of drug-likeness (QED) is 0.602. The fourth-order valence-corrected chi connectivity index (χ4v) is 7.83. The zero-order valence-electron chi connectivity index (χ0n) is 20.7. The van der Waals surface area contributed by atoms with E-state index in [-0.39, 0.29) is 17.9 Å². The van der Waals surface area contributed by atoms with Crippen molar-refractivity contribution in [2.45, 2.75) is 56.1 Å². The maximum absolute atomic E-state index is 13.2. The van der Waals surface area contributed by atoms with Crippen LogP contribution in [0.2, 0.25) is 0 Å². The van der Waals surface area contributed by atoms with Crippen LogP contribution in [0.3, 0.4) is 0 Å². The predicted molar refractivity (Wildman–Crippen MR) is 136 cm³/mol. The molecule has 3 heterocycles. The number of carbonyl (C=O) groups excluding carboxylic acids is 1. The number of benzene rings is 2. The number of nitrogens with zero attached hydrogens (tertiary/aromatic N) is 3. The van der Waals surface area contributed by atoms with E-state index in [4.69, 9.17) is 0 Å². The summed E-state index contributed by atoms with van der Waals surface area (Å²) in [4.78, 5) is 27.5. The average Bonchev–Trinajstić information content (AvgIpc) is 3.17. The molecule has 2 aromatic rings. The normalized spacial score (nSPS) is 27.6. The predicted octanol–water partition coefficient (Wildman–Crippen LogP) is 3.20. The zero-order valence-corrected chi connectivity index (χ0v) is 21.5. The summed E-state index contributed by atoms with van der Waals surface area (Å²) in [5.41, 5.74) is 1.03. The summed E-state index contributed by atoms with van der Waals surface area (Å²) in [7, 11) is -3.47. The van der Waals surface area contributed by atoms with Crippen LogP contribution in [0.25, 0.3) is 0 Å². The molecule has 0 bridgehead atoms. The number of sulfonamides is 1. The number of carbonyl (C=O) groups is 1. The van der Waals surface area contributed by atoms with Gasteiger partial charge in [0.25, 0.3) is 0 Å². The van der Waals surface area contributed by atoms with Crippen molar-refractivity contribution < 1.29 is 18.1 Å². The SMILES string of the molecule is CC1C(C(=O)NCc2ccccc2)C2CC(C3CCN(S(=O)(=O)c4ccccc4)CC3)CCN2[N+]1=O. The van der Waals surface area contributed by atoms with Crippen LogP contribution in [0.15, 0.2) is 65.6 Å². The van der Waals surface area contributed by atoms with Gasteiger partial charge in [-0.25, -0.2) is 8.42 Å². The first-order valence-electron chi connectivity index (χ1n) is 13.0. The van der Waals surface area contributed by atoms with Crippen LogP contribution in [0.4, 0.5) is 0 Å². The zero-order chi connectivity index (χ0) is 25.3. The van der Waals surface area contributed by atoms with Crippen LogP contribution in [0.5, 0.6) is 0 Å². The second kappa shape index (κ2) is 10.3. The highest BCUT2D eigenvalue weighted by Gasteiger charge is 2.58. The van der Waals surface area contributed by atoms with Crippen LogP contribution in [0, 0.1) is 22.7 Å². The maximum Gasteiger partial charge on any atom is 0.245 e. The Labute approximate surface area is 213 Å². The highest BCUT2D eigenvalue weighted by molar-refractivity contribution is 7.89. The monoisotopic (exact) mass is 511 g/mol. The van der Waals surface area contributed by atoms with E-state index >= 15 is 0 Å². The molecule has 192 valence electrons. The molecule has 3 aliphatic rings. The Hall–Kier alpha value is -2.78. The lowest BCUT2D eigenvalue weighted by Crippen LogP contribution is -2.48. The van der Waals surface area contributed by atoms with Crippen molar-refractivity contribution in [3.63, 3.8) is 0 Å². The first-order chi connectivity index (χ1) is 17.4. The van der Waals surface area contributed by atoms with E-state index in [9.17, 15) is 18.1 Å². The lowest BCUT2D eigenvalue weighted by molar-refractivity contribution is -0.716. The molecule has 9 heteroatoms. The molecule has 0 radical (unpaired) electrons. The minimum atomic E-state index is -3.47. The Kier molecular flexibility index (Phi) is 7.12. The number of hydrazine groups is 1. The third-order valence-electron chi connectivity index (χ3n) is 8.35. The molecule has 0 aliphatic carbocycles. The molecule has 0 spiro atoms. The minimum absolute atomic E-state index is 0.0656. The van der Waals surface area contributed by atoms with E-state index in [1.54, 1.807) is 28.6 Å². The van der Waals surface area contributed by atoms with Crippen LogP contribution in [0.1, 0.15) is 38.2 Å². The average molecular weight is 512 g/mol. The molecule has 4 unspecified atom stereocenters. The standard InChI is InChI=1S/C27H34N4O4S/c1-20-26(27(32)28-19-21-8-4-2-5-9-21)25-18-23(14-17-30(25)31(20)33)22-12-15-29(16-13-22)36(34,35)24-10-6-3-7-11-24/h2-11,20,22-23,25-26H,12-19H2,1H3/p+1. The largest absolute Gasteiger partial charge is 0.351 e. The first-order valence-corrected chi connectivity index (χ1v) is 14.4. The van der Waals surface area contributed by atoms with Crippen LogP contribution in [-0.4, -0.2) is 60.2 Å². The first kappa shape index (κ1) is 24.9. The summed E-state index contributed by atoms with van der Waals surface area (Å²) in [6, 6.07) is 17.9. The van der Waals surface area contributed by atoms with E-state index in [2.05, 4.69) is 5.32 Å². The number of nitrogens with one attached hydrogen (secondary N) is 1. The molecule has 3 aliphatic heterocycles. The topological polar surface area (TPSA) is 89.8 Å².